The van der Waals surface area contributed by atoms with Crippen molar-refractivity contribution in [1.82, 2.24) is 14.9 Å². The van der Waals surface area contributed by atoms with Gasteiger partial charge in [0, 0.05) is 59.7 Å². The van der Waals surface area contributed by atoms with Crippen LogP contribution in [0.2, 0.25) is 0 Å². The number of aliphatic hydroxyl groups excluding tert-OH is 1. The van der Waals surface area contributed by atoms with Gasteiger partial charge in [-0.25, -0.2) is 22.0 Å². The zero-order chi connectivity index (χ0) is 30.9. The van der Waals surface area contributed by atoms with Gasteiger partial charge in [-0.2, -0.15) is 26.7 Å². The van der Waals surface area contributed by atoms with E-state index in [-0.39, 0.29) is 120 Å². The zero-order valence-electron chi connectivity index (χ0n) is 23.6. The molecule has 7 rings (SSSR count). The van der Waals surface area contributed by atoms with Gasteiger partial charge in [-0.3, -0.25) is 4.90 Å². The number of nitrogens with zero attached hydrogens (tertiary/aromatic N) is 4. The minimum atomic E-state index is -2.82. The first-order valence-electron chi connectivity index (χ1n) is 14.0. The number of benzene rings is 2. The molecule has 0 bridgehead atoms. The van der Waals surface area contributed by atoms with Gasteiger partial charge in [-0.05, 0) is 58.3 Å². The molecule has 238 valence electrons. The Labute approximate surface area is 306 Å². The normalized spacial score (nSPS) is 23.0. The average Bonchev–Trinajstić information content (AvgIpc) is 3.62. The smallest absolute Gasteiger partial charge is 0.319 e. The minimum Gasteiger partial charge on any atom is -0.489 e. The Kier molecular flexibility index (Phi) is 9.61. The number of anilines is 2. The third kappa shape index (κ3) is 5.75. The Morgan fingerprint density at radius 1 is 1.29 bits per heavy atom. The van der Waals surface area contributed by atoms with Crippen LogP contribution >= 0.6 is 33.9 Å². The van der Waals surface area contributed by atoms with E-state index in [1.807, 2.05) is 27.5 Å². The fraction of sp³-hybridized carbons (Fsp3) is 0.448. The largest absolute Gasteiger partial charge is 0.489 e. The van der Waals surface area contributed by atoms with Crippen LogP contribution in [0, 0.1) is 63.0 Å². The van der Waals surface area contributed by atoms with E-state index < -0.39 is 49.0 Å². The van der Waals surface area contributed by atoms with E-state index in [4.69, 9.17) is 15.2 Å². The minimum absolute atomic E-state index is 0. The van der Waals surface area contributed by atoms with E-state index in [1.165, 1.54) is 17.0 Å². The third-order valence-electron chi connectivity index (χ3n) is 8.69. The van der Waals surface area contributed by atoms with Crippen molar-refractivity contribution in [2.75, 3.05) is 50.1 Å². The number of nitrogens with two attached hydrogens (primary N) is 1. The van der Waals surface area contributed by atoms with Crippen molar-refractivity contribution in [2.45, 2.75) is 43.4 Å². The number of aliphatic hydroxyl groups is 1. The summed E-state index contributed by atoms with van der Waals surface area (Å²) < 4.78 is 86.3. The second kappa shape index (κ2) is 12.9. The number of halogens is 6. The summed E-state index contributed by atoms with van der Waals surface area (Å²) >= 11 is 2.87. The number of ether oxygens (including phenoxy) is 2. The molecule has 0 aliphatic carbocycles. The van der Waals surface area contributed by atoms with Gasteiger partial charge in [0.05, 0.1) is 39.5 Å². The quantitative estimate of drug-likeness (QED) is 0.142. The third-order valence-corrected chi connectivity index (χ3v) is 10.6. The molecule has 8 nitrogen and oxygen atoms in total. The van der Waals surface area contributed by atoms with Crippen LogP contribution in [0.15, 0.2) is 12.1 Å². The van der Waals surface area contributed by atoms with E-state index >= 15 is 4.39 Å². The molecule has 45 heavy (non-hydrogen) atoms. The van der Waals surface area contributed by atoms with Gasteiger partial charge in [-0.1, -0.05) is 0 Å². The maximum absolute atomic E-state index is 16.8. The molecule has 0 amide bonds. The van der Waals surface area contributed by atoms with Crippen LogP contribution in [0.3, 0.4) is 0 Å². The molecule has 5 heterocycles. The van der Waals surface area contributed by atoms with Crippen LogP contribution in [0.4, 0.5) is 32.8 Å². The number of thiophene rings is 1. The molecule has 2 fully saturated rings. The molecule has 3 atom stereocenters. The van der Waals surface area contributed by atoms with Crippen LogP contribution in [0.25, 0.3) is 32.1 Å². The second-order valence-electron chi connectivity index (χ2n) is 11.3. The van der Waals surface area contributed by atoms with Gasteiger partial charge >= 0.3 is 6.01 Å². The van der Waals surface area contributed by atoms with Gasteiger partial charge in [-0.15, -0.1) is 17.7 Å². The average molecular weight is 887 g/mol. The second-order valence-corrected chi connectivity index (χ2v) is 13.5. The molecule has 0 radical (unpaired) electrons. The van der Waals surface area contributed by atoms with Gasteiger partial charge in [0.15, 0.2) is 0 Å². The first-order valence-corrected chi connectivity index (χ1v) is 15.9. The number of fused-ring (bicyclic) bond motifs is 2. The zero-order valence-corrected chi connectivity index (χ0v) is 29.7. The van der Waals surface area contributed by atoms with Crippen molar-refractivity contribution in [3.8, 4) is 22.9 Å². The predicted molar refractivity (Wildman–Crippen MR) is 165 cm³/mol. The topological polar surface area (TPSA) is 97.0 Å². The molecule has 0 spiro atoms. The molecule has 2 aromatic carbocycles. The summed E-state index contributed by atoms with van der Waals surface area (Å²) in [6.07, 6.45) is -1.99. The molecule has 2 aromatic heterocycles. The molecule has 2 unspecified atom stereocenters. The van der Waals surface area contributed by atoms with E-state index in [2.05, 4.69) is 16.0 Å². The van der Waals surface area contributed by atoms with Crippen LogP contribution in [-0.2, 0) is 0 Å². The van der Waals surface area contributed by atoms with Crippen molar-refractivity contribution >= 4 is 65.7 Å². The maximum atomic E-state index is 16.8. The summed E-state index contributed by atoms with van der Waals surface area (Å²) in [7, 11) is 0. The molecule has 16 heteroatoms. The van der Waals surface area contributed by atoms with Gasteiger partial charge in [0.25, 0.3) is 6.43 Å². The van der Waals surface area contributed by atoms with E-state index in [1.54, 1.807) is 0 Å². The Bertz CT molecular complexity index is 1790. The molecule has 3 aliphatic rings. The van der Waals surface area contributed by atoms with Crippen LogP contribution in [0.5, 0.6) is 11.8 Å². The van der Waals surface area contributed by atoms with Crippen molar-refractivity contribution in [3.63, 3.8) is 0 Å². The summed E-state index contributed by atoms with van der Waals surface area (Å²) in [5.74, 6) is -1.32. The van der Waals surface area contributed by atoms with Crippen molar-refractivity contribution < 1.29 is 78.3 Å². The predicted octanol–water partition coefficient (Wildman–Crippen LogP) is 5.56. The number of alkyl halides is 3. The number of rotatable bonds is 7. The van der Waals surface area contributed by atoms with Gasteiger partial charge in [0.2, 0.25) is 0 Å². The number of aromatic nitrogens is 2. The number of hydrogen-bond donors (Lipinski definition) is 2. The van der Waals surface area contributed by atoms with Crippen molar-refractivity contribution in [1.29, 1.82) is 0 Å². The molecule has 3 aliphatic heterocycles. The molecular formula is C29H26CeF5IN5O3S-. The monoisotopic (exact) mass is 886 g/mol. The van der Waals surface area contributed by atoms with Crippen molar-refractivity contribution in [2.24, 2.45) is 0 Å². The van der Waals surface area contributed by atoms with Gasteiger partial charge < -0.3 is 25.2 Å². The van der Waals surface area contributed by atoms with Crippen molar-refractivity contribution in [3.05, 3.63) is 33.4 Å². The van der Waals surface area contributed by atoms with Crippen LogP contribution < -0.4 is 20.1 Å². The Hall–Kier alpha value is -1.38. The number of nitrogen functional groups attached to an aromatic ring is 1. The molecular weight excluding hydrogens is 860 g/mol. The molecule has 3 N–H and O–H groups in total. The summed E-state index contributed by atoms with van der Waals surface area (Å²) in [5, 5.41) is 10.7. The van der Waals surface area contributed by atoms with E-state index in [0.717, 1.165) is 24.3 Å². The van der Waals surface area contributed by atoms with E-state index in [0.29, 0.717) is 13.0 Å². The standard InChI is InChI=1S/C29H26F5IN5O3S.Ce/c30-13-7-29(4-1-5-39(29)8-13)12-43-28-37-24-21-25(42-11-14(10-41)40(9-18(32)33)27(21)38-28)23(35)20(22(24)34)15-2-3-17(31)26-16(15)6-19(36)44-26;/h2-3,13-14,18,41H,1,4-5,7-12,36H2;/q-1;/t13-,14?,29?;/m1./s1. The molecule has 4 aromatic rings. The molecule has 2 saturated heterocycles. The van der Waals surface area contributed by atoms with E-state index in [9.17, 15) is 22.7 Å². The SMILES string of the molecule is Nc1[c-]c2c(-c3c(I)c4c5c(nc(OCC67CCCN6C[C@H](F)C7)nc5c3F)N(CC(F)F)C(CO)CO4)ccc(F)c2s1.[Ce]. The summed E-state index contributed by atoms with van der Waals surface area (Å²) in [6, 6.07) is 4.30. The Balaban J connectivity index is 0.00000357. The Morgan fingerprint density at radius 2 is 2.09 bits per heavy atom. The first-order chi connectivity index (χ1) is 21.1. The van der Waals surface area contributed by atoms with Crippen LogP contribution in [-0.4, -0.2) is 83.6 Å². The van der Waals surface area contributed by atoms with Gasteiger partial charge in [0.1, 0.15) is 42.3 Å². The summed E-state index contributed by atoms with van der Waals surface area (Å²) in [6.45, 7) is -0.532. The maximum Gasteiger partial charge on any atom is 0.319 e. The molecule has 0 saturated carbocycles. The number of hydrogen-bond acceptors (Lipinski definition) is 9. The first kappa shape index (κ1) is 33.5. The Morgan fingerprint density at radius 3 is 2.84 bits per heavy atom. The fourth-order valence-electron chi connectivity index (χ4n) is 6.75. The van der Waals surface area contributed by atoms with Crippen LogP contribution in [0.1, 0.15) is 19.3 Å². The summed E-state index contributed by atoms with van der Waals surface area (Å²) in [4.78, 5) is 12.1. The summed E-state index contributed by atoms with van der Waals surface area (Å²) in [5.41, 5.74) is 5.42. The fourth-order valence-corrected chi connectivity index (χ4v) is 8.51.